The van der Waals surface area contributed by atoms with Gasteiger partial charge in [-0.15, -0.1) is 0 Å². The molecule has 4 aromatic rings. The van der Waals surface area contributed by atoms with Crippen LogP contribution in [0.2, 0.25) is 0 Å². The predicted molar refractivity (Wildman–Crippen MR) is 146 cm³/mol. The Kier molecular flexibility index (Phi) is 8.08. The maximum Gasteiger partial charge on any atom is 0.267 e. The molecule has 0 radical (unpaired) electrons. The first-order valence-corrected chi connectivity index (χ1v) is 15.3. The molecule has 0 fully saturated rings. The van der Waals surface area contributed by atoms with Gasteiger partial charge in [0.25, 0.3) is 10.1 Å². The summed E-state index contributed by atoms with van der Waals surface area (Å²) in [6, 6.07) is 40.2. The molecule has 0 amide bonds. The summed E-state index contributed by atoms with van der Waals surface area (Å²) >= 11 is 0. The molecular formula is C28H26O3P2S. The smallest absolute Gasteiger partial charge is 0.242 e. The highest BCUT2D eigenvalue weighted by Gasteiger charge is 2.35. The van der Waals surface area contributed by atoms with E-state index in [1.165, 1.54) is 0 Å². The van der Waals surface area contributed by atoms with Gasteiger partial charge in [-0.3, -0.25) is 0 Å². The van der Waals surface area contributed by atoms with E-state index in [4.69, 9.17) is 3.97 Å². The van der Waals surface area contributed by atoms with Gasteiger partial charge in [0.1, 0.15) is 0 Å². The maximum absolute atomic E-state index is 12.6. The lowest BCUT2D eigenvalue weighted by molar-refractivity contribution is 0.515. The van der Waals surface area contributed by atoms with Crippen molar-refractivity contribution in [3.05, 3.63) is 144 Å². The van der Waals surface area contributed by atoms with Crippen molar-refractivity contribution in [2.45, 2.75) is 5.66 Å². The zero-order chi connectivity index (χ0) is 24.0. The average Bonchev–Trinajstić information content (AvgIpc) is 2.86. The minimum atomic E-state index is -3.75. The molecule has 0 bridgehead atoms. The molecule has 0 aliphatic rings. The van der Waals surface area contributed by atoms with E-state index in [1.54, 1.807) is 0 Å². The van der Waals surface area contributed by atoms with E-state index >= 15 is 0 Å². The lowest BCUT2D eigenvalue weighted by Crippen LogP contribution is -2.15. The van der Waals surface area contributed by atoms with E-state index in [0.29, 0.717) is 0 Å². The van der Waals surface area contributed by atoms with Crippen LogP contribution in [-0.4, -0.2) is 14.7 Å². The molecule has 3 nitrogen and oxygen atoms in total. The van der Waals surface area contributed by atoms with Crippen molar-refractivity contribution in [2.75, 3.05) is 6.26 Å². The molecule has 0 aromatic heterocycles. The molecule has 4 rings (SSSR count). The molecule has 1 atom stereocenters. The minimum Gasteiger partial charge on any atom is -0.242 e. The number of hydrogen-bond donors (Lipinski definition) is 0. The Hall–Kier alpha value is -2.61. The van der Waals surface area contributed by atoms with E-state index in [0.717, 1.165) is 33.0 Å². The standard InChI is InChI=1S/C28H26O3P2S/c1-23(32(26-19-11-5-12-20-26)27-21-13-6-14-22-27)33(31-34(2,29)30)28(24-15-7-3-8-16-24)25-17-9-4-10-18-25/h3-22,28H,1H2,2H3. The van der Waals surface area contributed by atoms with Crippen molar-refractivity contribution in [3.8, 4) is 0 Å². The molecule has 0 N–H and O–H groups in total. The molecule has 0 aliphatic carbocycles. The summed E-state index contributed by atoms with van der Waals surface area (Å²) < 4.78 is 31.1. The molecule has 1 unspecified atom stereocenters. The van der Waals surface area contributed by atoms with Gasteiger partial charge in [0, 0.05) is 5.06 Å². The molecule has 0 spiro atoms. The summed E-state index contributed by atoms with van der Waals surface area (Å²) in [6.07, 6.45) is 1.12. The number of rotatable bonds is 9. The molecule has 0 aliphatic heterocycles. The van der Waals surface area contributed by atoms with Crippen LogP contribution in [0, 0.1) is 0 Å². The Morgan fingerprint density at radius 3 is 1.38 bits per heavy atom. The summed E-state index contributed by atoms with van der Waals surface area (Å²) in [5.41, 5.74) is 1.72. The van der Waals surface area contributed by atoms with Crippen LogP contribution in [0.4, 0.5) is 0 Å². The molecule has 6 heteroatoms. The second-order valence-corrected chi connectivity index (χ2v) is 14.1. The van der Waals surface area contributed by atoms with Crippen LogP contribution < -0.4 is 10.6 Å². The third kappa shape index (κ3) is 6.09. The van der Waals surface area contributed by atoms with Crippen LogP contribution in [0.25, 0.3) is 0 Å². The molecule has 172 valence electrons. The average molecular weight is 505 g/mol. The lowest BCUT2D eigenvalue weighted by atomic mass is 10.0. The minimum absolute atomic E-state index is 0.281. The Bertz CT molecular complexity index is 1230. The highest BCUT2D eigenvalue weighted by atomic mass is 32.2. The fraction of sp³-hybridized carbons (Fsp3) is 0.0714. The molecule has 4 aromatic carbocycles. The summed E-state index contributed by atoms with van der Waals surface area (Å²) in [6.45, 7) is 4.53. The normalized spacial score (nSPS) is 12.6. The summed E-state index contributed by atoms with van der Waals surface area (Å²) in [7, 11) is -6.49. The van der Waals surface area contributed by atoms with Crippen molar-refractivity contribution < 1.29 is 12.4 Å². The van der Waals surface area contributed by atoms with Gasteiger partial charge in [0.05, 0.1) is 20.1 Å². The first kappa shape index (κ1) is 24.5. The fourth-order valence-electron chi connectivity index (χ4n) is 3.81. The zero-order valence-electron chi connectivity index (χ0n) is 18.9. The monoisotopic (exact) mass is 504 g/mol. The zero-order valence-corrected chi connectivity index (χ0v) is 21.5. The van der Waals surface area contributed by atoms with Crippen LogP contribution >= 0.6 is 16.1 Å². The van der Waals surface area contributed by atoms with Crippen LogP contribution in [0.15, 0.2) is 133 Å². The third-order valence-electron chi connectivity index (χ3n) is 5.22. The Morgan fingerprint density at radius 2 is 1.03 bits per heavy atom. The van der Waals surface area contributed by atoms with E-state index in [-0.39, 0.29) is 5.66 Å². The maximum atomic E-state index is 12.6. The summed E-state index contributed by atoms with van der Waals surface area (Å²) in [5.74, 6) is 0. The van der Waals surface area contributed by atoms with E-state index in [1.807, 2.05) is 97.1 Å². The molecular weight excluding hydrogens is 478 g/mol. The SMILES string of the molecule is C=C(P(c1ccccc1)c1ccccc1)P(OS(C)(=O)=O)C(c1ccccc1)c1ccccc1. The first-order chi connectivity index (χ1) is 16.4. The van der Waals surface area contributed by atoms with Crippen LogP contribution in [0.5, 0.6) is 0 Å². The third-order valence-corrected chi connectivity index (χ3v) is 11.9. The van der Waals surface area contributed by atoms with Gasteiger partial charge in [-0.25, -0.2) is 3.97 Å². The molecule has 0 saturated carbocycles. The lowest BCUT2D eigenvalue weighted by Gasteiger charge is -2.32. The van der Waals surface area contributed by atoms with Gasteiger partial charge in [-0.05, 0) is 29.7 Å². The van der Waals surface area contributed by atoms with Crippen molar-refractivity contribution in [3.63, 3.8) is 0 Å². The van der Waals surface area contributed by atoms with Crippen LogP contribution in [0.1, 0.15) is 16.8 Å². The Labute approximate surface area is 204 Å². The second kappa shape index (κ2) is 11.2. The van der Waals surface area contributed by atoms with Gasteiger partial charge in [-0.2, -0.15) is 8.42 Å². The van der Waals surface area contributed by atoms with Crippen molar-refractivity contribution >= 4 is 36.8 Å². The first-order valence-electron chi connectivity index (χ1n) is 10.8. The highest BCUT2D eigenvalue weighted by Crippen LogP contribution is 2.69. The molecule has 0 saturated heterocycles. The van der Waals surface area contributed by atoms with Crippen molar-refractivity contribution in [1.29, 1.82) is 0 Å². The second-order valence-electron chi connectivity index (χ2n) is 7.75. The summed E-state index contributed by atoms with van der Waals surface area (Å²) in [5, 5.41) is 3.03. The van der Waals surface area contributed by atoms with Gasteiger partial charge in [-0.1, -0.05) is 128 Å². The number of hydrogen-bond acceptors (Lipinski definition) is 3. The number of benzene rings is 4. The Balaban J connectivity index is 1.90. The Morgan fingerprint density at radius 1 is 0.676 bits per heavy atom. The van der Waals surface area contributed by atoms with Gasteiger partial charge >= 0.3 is 0 Å². The van der Waals surface area contributed by atoms with Crippen LogP contribution in [0.3, 0.4) is 0 Å². The quantitative estimate of drug-likeness (QED) is 0.237. The van der Waals surface area contributed by atoms with Crippen LogP contribution in [-0.2, 0) is 14.1 Å². The van der Waals surface area contributed by atoms with Crippen molar-refractivity contribution in [2.24, 2.45) is 0 Å². The fourth-order valence-corrected chi connectivity index (χ4v) is 10.8. The molecule has 34 heavy (non-hydrogen) atoms. The van der Waals surface area contributed by atoms with E-state index < -0.39 is 26.2 Å². The largest absolute Gasteiger partial charge is 0.267 e. The van der Waals surface area contributed by atoms with Gasteiger partial charge in [0.15, 0.2) is 0 Å². The molecule has 0 heterocycles. The topological polar surface area (TPSA) is 43.4 Å². The predicted octanol–water partition coefficient (Wildman–Crippen LogP) is 6.75. The van der Waals surface area contributed by atoms with Gasteiger partial charge < -0.3 is 0 Å². The van der Waals surface area contributed by atoms with Gasteiger partial charge in [0.2, 0.25) is 0 Å². The highest BCUT2D eigenvalue weighted by molar-refractivity contribution is 7.95. The van der Waals surface area contributed by atoms with E-state index in [9.17, 15) is 8.42 Å². The summed E-state index contributed by atoms with van der Waals surface area (Å²) in [4.78, 5) is 0. The van der Waals surface area contributed by atoms with Crippen molar-refractivity contribution in [1.82, 2.24) is 0 Å². The van der Waals surface area contributed by atoms with E-state index in [2.05, 4.69) is 30.8 Å².